The van der Waals surface area contributed by atoms with Gasteiger partial charge in [0.1, 0.15) is 5.58 Å². The molecule has 0 saturated carbocycles. The molecule has 3 aromatic heterocycles. The van der Waals surface area contributed by atoms with Gasteiger partial charge < -0.3 is 14.0 Å². The van der Waals surface area contributed by atoms with Gasteiger partial charge in [-0.05, 0) is 69.7 Å². The van der Waals surface area contributed by atoms with E-state index in [1.165, 1.54) is 5.56 Å². The summed E-state index contributed by atoms with van der Waals surface area (Å²) in [5, 5.41) is 3.23. The summed E-state index contributed by atoms with van der Waals surface area (Å²) in [5.74, 6) is 0.539. The van der Waals surface area contributed by atoms with Crippen molar-refractivity contribution in [1.82, 2.24) is 14.5 Å². The molecule has 6 heteroatoms. The van der Waals surface area contributed by atoms with Crippen molar-refractivity contribution >= 4 is 46.2 Å². The van der Waals surface area contributed by atoms with Crippen molar-refractivity contribution in [2.45, 2.75) is 38.9 Å². The number of nitrogens with zero attached hydrogens (tertiary/aromatic N) is 3. The van der Waals surface area contributed by atoms with Crippen molar-refractivity contribution in [3.05, 3.63) is 230 Å². The topological polar surface area (TPSA) is 43.9 Å². The SMILES string of the molecule is [2H]C([2H])(c1cc(-c2[c-]cccc2)ncc1[Si](C)(C)C)C(C)c1ccccc1.[Ir].[c-]1ccc2c(oc3ccccc32)c1-c1nc2ccccc2n1-c1cc(-c2ccccc2)ccc1-c1ccccc1. The molecule has 0 spiro atoms. The number of fused-ring (bicyclic) bond motifs is 4. The fourth-order valence-corrected chi connectivity index (χ4v) is 10.0. The van der Waals surface area contributed by atoms with Crippen LogP contribution in [0.5, 0.6) is 0 Å². The summed E-state index contributed by atoms with van der Waals surface area (Å²) >= 11 is 0. The van der Waals surface area contributed by atoms with Crippen LogP contribution < -0.4 is 5.19 Å². The summed E-state index contributed by atoms with van der Waals surface area (Å²) in [6.45, 7) is 8.69. The molecule has 0 aliphatic heterocycles. The third-order valence-corrected chi connectivity index (χ3v) is 13.9. The van der Waals surface area contributed by atoms with Crippen molar-refractivity contribution in [3.8, 4) is 50.6 Å². The number of benzene rings is 8. The Kier molecular flexibility index (Phi) is 12.2. The minimum atomic E-state index is -1.77. The van der Waals surface area contributed by atoms with Gasteiger partial charge in [-0.2, -0.15) is 0 Å². The van der Waals surface area contributed by atoms with Crippen LogP contribution in [0, 0.1) is 12.1 Å². The predicted octanol–water partition coefficient (Wildman–Crippen LogP) is 15.2. The van der Waals surface area contributed by atoms with Gasteiger partial charge in [-0.25, -0.2) is 0 Å². The molecule has 0 aliphatic carbocycles. The van der Waals surface area contributed by atoms with Crippen LogP contribution in [0.2, 0.25) is 19.6 Å². The number of furan rings is 1. The van der Waals surface area contributed by atoms with E-state index in [0.717, 1.165) is 94.3 Å². The second-order valence-electron chi connectivity index (χ2n) is 17.3. The Balaban J connectivity index is 0.000000181. The largest absolute Gasteiger partial charge is 0.501 e. The number of imidazole rings is 1. The number of aromatic nitrogens is 3. The van der Waals surface area contributed by atoms with Crippen molar-refractivity contribution in [3.63, 3.8) is 0 Å². The first kappa shape index (κ1) is 41.7. The van der Waals surface area contributed by atoms with E-state index in [-0.39, 0.29) is 26.0 Å². The molecule has 4 nitrogen and oxygen atoms in total. The molecule has 0 aliphatic rings. The molecule has 0 fully saturated rings. The van der Waals surface area contributed by atoms with E-state index in [1.54, 1.807) is 0 Å². The first-order valence-corrected chi connectivity index (χ1v) is 25.6. The van der Waals surface area contributed by atoms with E-state index in [9.17, 15) is 0 Å². The molecule has 1 atom stereocenters. The molecule has 1 radical (unpaired) electrons. The van der Waals surface area contributed by atoms with Gasteiger partial charge in [0, 0.05) is 45.7 Å². The van der Waals surface area contributed by atoms with Gasteiger partial charge in [-0.3, -0.25) is 4.98 Å². The van der Waals surface area contributed by atoms with E-state index in [2.05, 4.69) is 144 Å². The second-order valence-corrected chi connectivity index (χ2v) is 22.4. The molecule has 11 aromatic rings. The zero-order valence-electron chi connectivity index (χ0n) is 39.3. The van der Waals surface area contributed by atoms with Crippen molar-refractivity contribution in [2.75, 3.05) is 0 Å². The maximum Gasteiger partial charge on any atom is 0.120 e. The fourth-order valence-electron chi connectivity index (χ4n) is 8.61. The quantitative estimate of drug-likeness (QED) is 0.107. The van der Waals surface area contributed by atoms with E-state index in [0.29, 0.717) is 0 Å². The molecule has 11 rings (SSSR count). The van der Waals surface area contributed by atoms with E-state index in [4.69, 9.17) is 12.1 Å². The smallest absolute Gasteiger partial charge is 0.120 e. The summed E-state index contributed by atoms with van der Waals surface area (Å²) in [5.41, 5.74) is 13.5. The first-order valence-electron chi connectivity index (χ1n) is 23.1. The fraction of sp³-hybridized carbons (Fsp3) is 0.100. The minimum absolute atomic E-state index is 0. The van der Waals surface area contributed by atoms with Gasteiger partial charge in [0.2, 0.25) is 0 Å². The number of rotatable bonds is 9. The van der Waals surface area contributed by atoms with Gasteiger partial charge >= 0.3 is 0 Å². The molecule has 0 saturated heterocycles. The van der Waals surface area contributed by atoms with E-state index in [1.807, 2.05) is 110 Å². The average molecular weight is 1050 g/mol. The van der Waals surface area contributed by atoms with Crippen molar-refractivity contribution in [2.24, 2.45) is 0 Å². The van der Waals surface area contributed by atoms with Gasteiger partial charge in [0.05, 0.1) is 30.5 Å². The van der Waals surface area contributed by atoms with Gasteiger partial charge in [0.15, 0.2) is 0 Å². The zero-order chi connectivity index (χ0) is 46.1. The van der Waals surface area contributed by atoms with Gasteiger partial charge in [0.25, 0.3) is 0 Å². The second kappa shape index (κ2) is 19.3. The number of hydrogen-bond acceptors (Lipinski definition) is 3. The summed E-state index contributed by atoms with van der Waals surface area (Å²) in [6.07, 6.45) is 0.400. The molecule has 66 heavy (non-hydrogen) atoms. The third-order valence-electron chi connectivity index (χ3n) is 11.9. The van der Waals surface area contributed by atoms with Crippen LogP contribution in [-0.2, 0) is 26.5 Å². The Bertz CT molecular complexity index is 3500. The molecule has 0 N–H and O–H groups in total. The summed E-state index contributed by atoms with van der Waals surface area (Å²) in [7, 11) is -1.77. The van der Waals surface area contributed by atoms with Crippen LogP contribution >= 0.6 is 0 Å². The third kappa shape index (κ3) is 9.01. The summed E-state index contributed by atoms with van der Waals surface area (Å²) in [4.78, 5) is 9.85. The first-order chi connectivity index (χ1) is 32.6. The molecular formula is C60H49IrN3OSi-2. The Labute approximate surface area is 404 Å². The minimum Gasteiger partial charge on any atom is -0.501 e. The van der Waals surface area contributed by atoms with Crippen LogP contribution in [-0.4, -0.2) is 22.6 Å². The average Bonchev–Trinajstić information content (AvgIpc) is 3.96. The standard InChI is InChI=1S/C37H23N2O.C23H26NSi.Ir/c1-3-12-25(13-4-1)27-22-23-28(26-14-5-2-6-15-26)34(24-27)39-33-20-9-8-19-32(33)38-37(39)31-18-11-17-30-29-16-7-10-21-35(29)40-36(30)31;1-18(19-11-7-5-8-12-19)15-21-16-22(20-13-9-6-10-14-20)24-17-23(21)25(2,3)4;/h1-17,19-24H;5-13,16-18H,15H2,1-4H3;/q2*-1;/i;15D2;. The normalized spacial score (nSPS) is 12.5. The summed E-state index contributed by atoms with van der Waals surface area (Å²) in [6, 6.07) is 74.5. The Morgan fingerprint density at radius 1 is 0.652 bits per heavy atom. The zero-order valence-corrected chi connectivity index (χ0v) is 40.7. The van der Waals surface area contributed by atoms with Crippen LogP contribution in [0.4, 0.5) is 0 Å². The Hall–Kier alpha value is -6.95. The number of pyridine rings is 1. The number of hydrogen-bond donors (Lipinski definition) is 0. The molecule has 0 bridgehead atoms. The maximum absolute atomic E-state index is 9.04. The Morgan fingerprint density at radius 2 is 1.33 bits per heavy atom. The monoisotopic (exact) mass is 1050 g/mol. The molecule has 0 amide bonds. The molecular weight excluding hydrogens is 999 g/mol. The van der Waals surface area contributed by atoms with Gasteiger partial charge in [-0.1, -0.05) is 183 Å². The summed E-state index contributed by atoms with van der Waals surface area (Å²) < 4.78 is 26.8. The maximum atomic E-state index is 9.04. The molecule has 3 heterocycles. The van der Waals surface area contributed by atoms with E-state index >= 15 is 0 Å². The molecule has 325 valence electrons. The predicted molar refractivity (Wildman–Crippen MR) is 274 cm³/mol. The molecule has 8 aromatic carbocycles. The van der Waals surface area contributed by atoms with Crippen molar-refractivity contribution in [1.29, 1.82) is 0 Å². The van der Waals surface area contributed by atoms with Crippen molar-refractivity contribution < 1.29 is 27.3 Å². The number of para-hydroxylation sites is 3. The van der Waals surface area contributed by atoms with Crippen LogP contribution in [0.25, 0.3) is 83.6 Å². The van der Waals surface area contributed by atoms with Gasteiger partial charge in [-0.15, -0.1) is 54.1 Å². The van der Waals surface area contributed by atoms with Crippen LogP contribution in [0.15, 0.2) is 211 Å². The van der Waals surface area contributed by atoms with Crippen LogP contribution in [0.1, 0.15) is 26.7 Å². The van der Waals surface area contributed by atoms with E-state index < -0.39 is 14.4 Å². The van der Waals surface area contributed by atoms with Crippen LogP contribution in [0.3, 0.4) is 0 Å². The molecule has 1 unspecified atom stereocenters. The Morgan fingerprint density at radius 3 is 2.08 bits per heavy atom.